The first-order chi connectivity index (χ1) is 8.78. The zero-order valence-corrected chi connectivity index (χ0v) is 10.9. The Morgan fingerprint density at radius 2 is 1.78 bits per heavy atom. The maximum Gasteiger partial charge on any atom is 0.0695 e. The van der Waals surface area contributed by atoms with Crippen LogP contribution in [0.2, 0.25) is 0 Å². The summed E-state index contributed by atoms with van der Waals surface area (Å²) >= 11 is 0. The minimum atomic E-state index is -0.386. The number of para-hydroxylation sites is 1. The molecule has 0 saturated heterocycles. The number of hydrogen-bond donors (Lipinski definition) is 2. The molecular formula is C16H23NO. The molecule has 0 amide bonds. The van der Waals surface area contributed by atoms with Crippen LogP contribution in [0.3, 0.4) is 0 Å². The minimum Gasteiger partial charge on any atom is -0.390 e. The Balaban J connectivity index is 1.75. The van der Waals surface area contributed by atoms with E-state index in [9.17, 15) is 5.11 Å². The average Bonchev–Trinajstić information content (AvgIpc) is 2.39. The first-order valence-electron chi connectivity index (χ1n) is 7.32. The first kappa shape index (κ1) is 12.0. The number of benzene rings is 1. The summed E-state index contributed by atoms with van der Waals surface area (Å²) in [6.07, 6.45) is 8.01. The third kappa shape index (κ3) is 2.26. The van der Waals surface area contributed by atoms with E-state index in [0.29, 0.717) is 12.0 Å². The monoisotopic (exact) mass is 245 g/mol. The fourth-order valence-corrected chi connectivity index (χ4v) is 3.89. The Morgan fingerprint density at radius 1 is 1.00 bits per heavy atom. The number of fused-ring (bicyclic) bond motifs is 1. The molecule has 2 aliphatic carbocycles. The number of hydrogen-bond acceptors (Lipinski definition) is 2. The summed E-state index contributed by atoms with van der Waals surface area (Å²) in [4.78, 5) is 0. The van der Waals surface area contributed by atoms with E-state index >= 15 is 0 Å². The van der Waals surface area contributed by atoms with Crippen LogP contribution in [-0.2, 0) is 0 Å². The lowest BCUT2D eigenvalue weighted by molar-refractivity contribution is -0.0793. The maximum atomic E-state index is 10.8. The van der Waals surface area contributed by atoms with Gasteiger partial charge in [0.2, 0.25) is 0 Å². The second kappa shape index (κ2) is 4.93. The predicted octanol–water partition coefficient (Wildman–Crippen LogP) is 3.57. The molecule has 2 N–H and O–H groups in total. The fourth-order valence-electron chi connectivity index (χ4n) is 3.89. The van der Waals surface area contributed by atoms with E-state index in [-0.39, 0.29) is 5.60 Å². The van der Waals surface area contributed by atoms with Gasteiger partial charge in [-0.3, -0.25) is 0 Å². The number of rotatable bonds is 2. The van der Waals surface area contributed by atoms with Crippen molar-refractivity contribution < 1.29 is 5.11 Å². The SMILES string of the molecule is OC12CCCCC1C(Nc1ccccc1)CCC2. The highest BCUT2D eigenvalue weighted by Gasteiger charge is 2.45. The van der Waals surface area contributed by atoms with Crippen molar-refractivity contribution in [1.82, 2.24) is 0 Å². The molecule has 3 rings (SSSR count). The average molecular weight is 245 g/mol. The molecule has 0 aromatic heterocycles. The number of anilines is 1. The molecule has 0 aliphatic heterocycles. The summed E-state index contributed by atoms with van der Waals surface area (Å²) in [6, 6.07) is 10.9. The van der Waals surface area contributed by atoms with Gasteiger partial charge < -0.3 is 10.4 Å². The van der Waals surface area contributed by atoms with Crippen molar-refractivity contribution in [2.24, 2.45) is 5.92 Å². The minimum absolute atomic E-state index is 0.386. The van der Waals surface area contributed by atoms with Crippen molar-refractivity contribution in [3.05, 3.63) is 30.3 Å². The Kier molecular flexibility index (Phi) is 3.29. The quantitative estimate of drug-likeness (QED) is 0.835. The number of aliphatic hydroxyl groups is 1. The van der Waals surface area contributed by atoms with Crippen molar-refractivity contribution in [3.63, 3.8) is 0 Å². The van der Waals surface area contributed by atoms with Crippen LogP contribution in [-0.4, -0.2) is 16.7 Å². The van der Waals surface area contributed by atoms with Gasteiger partial charge in [0.05, 0.1) is 5.60 Å². The van der Waals surface area contributed by atoms with Crippen molar-refractivity contribution in [2.75, 3.05) is 5.32 Å². The van der Waals surface area contributed by atoms with Gasteiger partial charge in [-0.2, -0.15) is 0 Å². The van der Waals surface area contributed by atoms with Gasteiger partial charge in [-0.05, 0) is 44.2 Å². The highest BCUT2D eigenvalue weighted by atomic mass is 16.3. The largest absolute Gasteiger partial charge is 0.390 e. The van der Waals surface area contributed by atoms with Crippen LogP contribution in [0.5, 0.6) is 0 Å². The van der Waals surface area contributed by atoms with Gasteiger partial charge >= 0.3 is 0 Å². The third-order valence-electron chi connectivity index (χ3n) is 4.80. The van der Waals surface area contributed by atoms with Gasteiger partial charge in [-0.25, -0.2) is 0 Å². The molecule has 0 spiro atoms. The summed E-state index contributed by atoms with van der Waals surface area (Å²) in [7, 11) is 0. The smallest absolute Gasteiger partial charge is 0.0695 e. The standard InChI is InChI=1S/C16H23NO/c18-16-11-5-4-9-14(16)15(10-6-12-16)17-13-7-2-1-3-8-13/h1-3,7-8,14-15,17-18H,4-6,9-12H2. The van der Waals surface area contributed by atoms with Crippen molar-refractivity contribution >= 4 is 5.69 Å². The normalized spacial score (nSPS) is 35.8. The van der Waals surface area contributed by atoms with Crippen LogP contribution in [0.4, 0.5) is 5.69 Å². The summed E-state index contributed by atoms with van der Waals surface area (Å²) < 4.78 is 0. The van der Waals surface area contributed by atoms with Crippen LogP contribution in [0.1, 0.15) is 44.9 Å². The zero-order chi connectivity index (χ0) is 12.4. The van der Waals surface area contributed by atoms with E-state index < -0.39 is 0 Å². The molecule has 2 heteroatoms. The number of nitrogens with one attached hydrogen (secondary N) is 1. The lowest BCUT2D eigenvalue weighted by Crippen LogP contribution is -2.52. The summed E-state index contributed by atoms with van der Waals surface area (Å²) in [6.45, 7) is 0. The lowest BCUT2D eigenvalue weighted by atomic mass is 9.65. The molecule has 0 heterocycles. The molecule has 3 atom stereocenters. The van der Waals surface area contributed by atoms with E-state index in [4.69, 9.17) is 0 Å². The second-order valence-corrected chi connectivity index (χ2v) is 5.96. The van der Waals surface area contributed by atoms with Crippen molar-refractivity contribution in [2.45, 2.75) is 56.6 Å². The van der Waals surface area contributed by atoms with Crippen LogP contribution in [0.25, 0.3) is 0 Å². The van der Waals surface area contributed by atoms with Gasteiger partial charge in [0, 0.05) is 17.6 Å². The van der Waals surface area contributed by atoms with Crippen molar-refractivity contribution in [1.29, 1.82) is 0 Å². The molecule has 3 unspecified atom stereocenters. The molecule has 98 valence electrons. The molecule has 2 nitrogen and oxygen atoms in total. The van der Waals surface area contributed by atoms with E-state index in [1.807, 2.05) is 6.07 Å². The van der Waals surface area contributed by atoms with Gasteiger partial charge in [0.1, 0.15) is 0 Å². The molecule has 2 aliphatic rings. The van der Waals surface area contributed by atoms with Gasteiger partial charge in [0.15, 0.2) is 0 Å². The Morgan fingerprint density at radius 3 is 2.61 bits per heavy atom. The predicted molar refractivity (Wildman–Crippen MR) is 74.6 cm³/mol. The molecule has 0 radical (unpaired) electrons. The maximum absolute atomic E-state index is 10.8. The van der Waals surface area contributed by atoms with E-state index in [2.05, 4.69) is 29.6 Å². The summed E-state index contributed by atoms with van der Waals surface area (Å²) in [5.41, 5.74) is 0.806. The Bertz CT molecular complexity index is 387. The second-order valence-electron chi connectivity index (χ2n) is 5.96. The van der Waals surface area contributed by atoms with E-state index in [0.717, 1.165) is 19.3 Å². The molecule has 18 heavy (non-hydrogen) atoms. The zero-order valence-electron chi connectivity index (χ0n) is 10.9. The van der Waals surface area contributed by atoms with Crippen LogP contribution in [0.15, 0.2) is 30.3 Å². The van der Waals surface area contributed by atoms with Crippen LogP contribution in [0, 0.1) is 5.92 Å². The molecule has 2 saturated carbocycles. The van der Waals surface area contributed by atoms with E-state index in [1.165, 1.54) is 31.4 Å². The Labute approximate surface area is 109 Å². The molecule has 1 aromatic carbocycles. The van der Waals surface area contributed by atoms with Gasteiger partial charge in [-0.15, -0.1) is 0 Å². The molecule has 2 fully saturated rings. The third-order valence-corrected chi connectivity index (χ3v) is 4.80. The Hall–Kier alpha value is -1.02. The molecule has 1 aromatic rings. The van der Waals surface area contributed by atoms with Crippen molar-refractivity contribution in [3.8, 4) is 0 Å². The summed E-state index contributed by atoms with van der Waals surface area (Å²) in [5, 5.41) is 14.4. The van der Waals surface area contributed by atoms with E-state index in [1.54, 1.807) is 0 Å². The molecule has 0 bridgehead atoms. The van der Waals surface area contributed by atoms with Crippen LogP contribution < -0.4 is 5.32 Å². The molecular weight excluding hydrogens is 222 g/mol. The van der Waals surface area contributed by atoms with Crippen LogP contribution >= 0.6 is 0 Å². The highest BCUT2D eigenvalue weighted by Crippen LogP contribution is 2.44. The highest BCUT2D eigenvalue weighted by molar-refractivity contribution is 5.43. The van der Waals surface area contributed by atoms with Gasteiger partial charge in [-0.1, -0.05) is 31.0 Å². The summed E-state index contributed by atoms with van der Waals surface area (Å²) in [5.74, 6) is 0.445. The van der Waals surface area contributed by atoms with Gasteiger partial charge in [0.25, 0.3) is 0 Å². The fraction of sp³-hybridized carbons (Fsp3) is 0.625. The first-order valence-corrected chi connectivity index (χ1v) is 7.32. The topological polar surface area (TPSA) is 32.3 Å². The lowest BCUT2D eigenvalue weighted by Gasteiger charge is -2.48.